The second-order valence-corrected chi connectivity index (χ2v) is 7.64. The molecule has 23 heavy (non-hydrogen) atoms. The smallest absolute Gasteiger partial charge is 0.242 e. The van der Waals surface area contributed by atoms with Gasteiger partial charge in [0, 0.05) is 7.05 Å². The first kappa shape index (κ1) is 15.8. The van der Waals surface area contributed by atoms with E-state index in [-0.39, 0.29) is 17.5 Å². The SMILES string of the molecule is Cc1ccc(S(=O)(=O)N(C)CC2COc3ccccc3O2)cc1. The van der Waals surface area contributed by atoms with Crippen LogP contribution in [-0.4, -0.2) is 39.0 Å². The monoisotopic (exact) mass is 333 g/mol. The highest BCUT2D eigenvalue weighted by Gasteiger charge is 2.27. The minimum atomic E-state index is -3.53. The summed E-state index contributed by atoms with van der Waals surface area (Å²) in [5, 5.41) is 0. The molecule has 1 atom stereocenters. The Balaban J connectivity index is 1.72. The minimum absolute atomic E-state index is 0.227. The summed E-state index contributed by atoms with van der Waals surface area (Å²) in [7, 11) is -1.98. The summed E-state index contributed by atoms with van der Waals surface area (Å²) >= 11 is 0. The van der Waals surface area contributed by atoms with Gasteiger partial charge in [-0.1, -0.05) is 29.8 Å². The van der Waals surface area contributed by atoms with E-state index in [1.807, 2.05) is 31.2 Å². The second kappa shape index (κ2) is 6.22. The Morgan fingerprint density at radius 1 is 1.09 bits per heavy atom. The van der Waals surface area contributed by atoms with Gasteiger partial charge in [0.25, 0.3) is 0 Å². The van der Waals surface area contributed by atoms with Crippen LogP contribution < -0.4 is 9.47 Å². The predicted molar refractivity (Wildman–Crippen MR) is 87.3 cm³/mol. The fraction of sp³-hybridized carbons (Fsp3) is 0.294. The molecule has 0 aromatic heterocycles. The molecule has 0 bridgehead atoms. The topological polar surface area (TPSA) is 55.8 Å². The summed E-state index contributed by atoms with van der Waals surface area (Å²) in [4.78, 5) is 0.280. The highest BCUT2D eigenvalue weighted by atomic mass is 32.2. The van der Waals surface area contributed by atoms with Gasteiger partial charge in [0.1, 0.15) is 12.7 Å². The molecular formula is C17H19NO4S. The van der Waals surface area contributed by atoms with Gasteiger partial charge in [-0.2, -0.15) is 4.31 Å². The summed E-state index contributed by atoms with van der Waals surface area (Å²) in [6, 6.07) is 14.2. The Morgan fingerprint density at radius 2 is 1.74 bits per heavy atom. The van der Waals surface area contributed by atoms with Crippen LogP contribution in [0.5, 0.6) is 11.5 Å². The molecule has 0 N–H and O–H groups in total. The zero-order chi connectivity index (χ0) is 16.4. The standard InChI is InChI=1S/C17H19NO4S/c1-13-7-9-15(10-8-13)23(19,20)18(2)11-14-12-21-16-5-3-4-6-17(16)22-14/h3-10,14H,11-12H2,1-2H3. The van der Waals surface area contributed by atoms with Crippen molar-refractivity contribution in [2.24, 2.45) is 0 Å². The third-order valence-electron chi connectivity index (χ3n) is 3.76. The molecule has 1 heterocycles. The van der Waals surface area contributed by atoms with Crippen molar-refractivity contribution in [1.29, 1.82) is 0 Å². The van der Waals surface area contributed by atoms with Crippen LogP contribution >= 0.6 is 0 Å². The van der Waals surface area contributed by atoms with Gasteiger partial charge in [-0.3, -0.25) is 0 Å². The van der Waals surface area contributed by atoms with E-state index in [9.17, 15) is 8.42 Å². The maximum Gasteiger partial charge on any atom is 0.242 e. The summed E-state index contributed by atoms with van der Waals surface area (Å²) in [5.41, 5.74) is 1.02. The summed E-state index contributed by atoms with van der Waals surface area (Å²) in [5.74, 6) is 1.33. The molecule has 0 aliphatic carbocycles. The maximum atomic E-state index is 12.6. The number of benzene rings is 2. The van der Waals surface area contributed by atoms with Crippen molar-refractivity contribution in [3.8, 4) is 11.5 Å². The molecule has 3 rings (SSSR count). The zero-order valence-corrected chi connectivity index (χ0v) is 13.9. The lowest BCUT2D eigenvalue weighted by molar-refractivity contribution is 0.0798. The summed E-state index contributed by atoms with van der Waals surface area (Å²) in [6.45, 7) is 2.47. The molecule has 1 aliphatic heterocycles. The number of hydrogen-bond acceptors (Lipinski definition) is 4. The molecular weight excluding hydrogens is 314 g/mol. The molecule has 0 saturated carbocycles. The Bertz CT molecular complexity index is 786. The molecule has 6 heteroatoms. The number of para-hydroxylation sites is 2. The lowest BCUT2D eigenvalue weighted by Gasteiger charge is -2.29. The van der Waals surface area contributed by atoms with Gasteiger partial charge >= 0.3 is 0 Å². The molecule has 122 valence electrons. The molecule has 2 aromatic carbocycles. The van der Waals surface area contributed by atoms with Crippen molar-refractivity contribution in [3.05, 3.63) is 54.1 Å². The highest BCUT2D eigenvalue weighted by molar-refractivity contribution is 7.89. The number of ether oxygens (including phenoxy) is 2. The number of sulfonamides is 1. The highest BCUT2D eigenvalue weighted by Crippen LogP contribution is 2.31. The van der Waals surface area contributed by atoms with Crippen LogP contribution in [0.3, 0.4) is 0 Å². The lowest BCUT2D eigenvalue weighted by atomic mass is 10.2. The van der Waals surface area contributed by atoms with Crippen molar-refractivity contribution < 1.29 is 17.9 Å². The lowest BCUT2D eigenvalue weighted by Crippen LogP contribution is -2.41. The van der Waals surface area contributed by atoms with Crippen LogP contribution in [0.25, 0.3) is 0 Å². The number of rotatable bonds is 4. The molecule has 5 nitrogen and oxygen atoms in total. The van der Waals surface area contributed by atoms with Gasteiger partial charge in [0.05, 0.1) is 11.4 Å². The van der Waals surface area contributed by atoms with Crippen molar-refractivity contribution >= 4 is 10.0 Å². The van der Waals surface area contributed by atoms with E-state index < -0.39 is 10.0 Å². The summed E-state index contributed by atoms with van der Waals surface area (Å²) < 4.78 is 37.9. The fourth-order valence-corrected chi connectivity index (χ4v) is 3.63. The number of likely N-dealkylation sites (N-methyl/N-ethyl adjacent to an activating group) is 1. The average molecular weight is 333 g/mol. The molecule has 1 aliphatic rings. The van der Waals surface area contributed by atoms with Crippen LogP contribution in [0.1, 0.15) is 5.56 Å². The van der Waals surface area contributed by atoms with Crippen LogP contribution in [0, 0.1) is 6.92 Å². The van der Waals surface area contributed by atoms with Gasteiger partial charge in [-0.15, -0.1) is 0 Å². The van der Waals surface area contributed by atoms with Crippen LogP contribution in [0.2, 0.25) is 0 Å². The van der Waals surface area contributed by atoms with E-state index in [0.29, 0.717) is 18.1 Å². The Hall–Kier alpha value is -2.05. The van der Waals surface area contributed by atoms with Gasteiger partial charge in [0.15, 0.2) is 11.5 Å². The van der Waals surface area contributed by atoms with Gasteiger partial charge in [-0.25, -0.2) is 8.42 Å². The van der Waals surface area contributed by atoms with Crippen molar-refractivity contribution in [2.75, 3.05) is 20.2 Å². The first-order valence-corrected chi connectivity index (χ1v) is 8.82. The fourth-order valence-electron chi connectivity index (χ4n) is 2.43. The molecule has 0 amide bonds. The number of fused-ring (bicyclic) bond motifs is 1. The van der Waals surface area contributed by atoms with E-state index in [0.717, 1.165) is 5.56 Å². The molecule has 0 spiro atoms. The predicted octanol–water partition coefficient (Wildman–Crippen LogP) is 2.46. The van der Waals surface area contributed by atoms with Crippen molar-refractivity contribution in [1.82, 2.24) is 4.31 Å². The average Bonchev–Trinajstić information content (AvgIpc) is 2.55. The quantitative estimate of drug-likeness (QED) is 0.862. The number of hydrogen-bond donors (Lipinski definition) is 0. The van der Waals surface area contributed by atoms with Gasteiger partial charge < -0.3 is 9.47 Å². The first-order valence-electron chi connectivity index (χ1n) is 7.38. The van der Waals surface area contributed by atoms with Crippen LogP contribution in [-0.2, 0) is 10.0 Å². The van der Waals surface area contributed by atoms with E-state index in [1.54, 1.807) is 31.3 Å². The Kier molecular flexibility index (Phi) is 4.28. The van der Waals surface area contributed by atoms with E-state index in [2.05, 4.69) is 0 Å². The third kappa shape index (κ3) is 3.33. The summed E-state index contributed by atoms with van der Waals surface area (Å²) in [6.07, 6.45) is -0.338. The van der Waals surface area contributed by atoms with E-state index >= 15 is 0 Å². The van der Waals surface area contributed by atoms with Crippen molar-refractivity contribution in [3.63, 3.8) is 0 Å². The van der Waals surface area contributed by atoms with Gasteiger partial charge in [-0.05, 0) is 31.2 Å². The maximum absolute atomic E-state index is 12.6. The Morgan fingerprint density at radius 3 is 2.43 bits per heavy atom. The largest absolute Gasteiger partial charge is 0.486 e. The normalized spacial score (nSPS) is 17.3. The van der Waals surface area contributed by atoms with E-state index in [4.69, 9.17) is 9.47 Å². The molecule has 1 unspecified atom stereocenters. The van der Waals surface area contributed by atoms with Crippen molar-refractivity contribution in [2.45, 2.75) is 17.9 Å². The molecule has 0 radical (unpaired) electrons. The Labute approximate surface area is 136 Å². The molecule has 0 saturated heterocycles. The van der Waals surface area contributed by atoms with Gasteiger partial charge in [0.2, 0.25) is 10.0 Å². The van der Waals surface area contributed by atoms with E-state index in [1.165, 1.54) is 4.31 Å². The van der Waals surface area contributed by atoms with Crippen LogP contribution in [0.15, 0.2) is 53.4 Å². The van der Waals surface area contributed by atoms with Crippen LogP contribution in [0.4, 0.5) is 0 Å². The first-order chi connectivity index (χ1) is 11.0. The zero-order valence-electron chi connectivity index (χ0n) is 13.1. The molecule has 2 aromatic rings. The second-order valence-electron chi connectivity index (χ2n) is 5.60. The number of aryl methyl sites for hydroxylation is 1. The third-order valence-corrected chi connectivity index (χ3v) is 5.60. The minimum Gasteiger partial charge on any atom is -0.486 e. The molecule has 0 fully saturated rings. The number of nitrogens with zero attached hydrogens (tertiary/aromatic N) is 1.